The van der Waals surface area contributed by atoms with Gasteiger partial charge in [-0.25, -0.2) is 14.8 Å². The number of carbonyl (C=O) groups is 2. The molecule has 2 aromatic rings. The molecule has 0 unspecified atom stereocenters. The Labute approximate surface area is 145 Å². The van der Waals surface area contributed by atoms with Crippen molar-refractivity contribution in [2.45, 2.75) is 12.5 Å². The van der Waals surface area contributed by atoms with Gasteiger partial charge in [-0.05, 0) is 12.1 Å². The number of piperazine rings is 1. The molecule has 0 radical (unpaired) electrons. The number of nitrogens with zero attached hydrogens (tertiary/aromatic N) is 4. The second kappa shape index (κ2) is 6.51. The lowest BCUT2D eigenvalue weighted by atomic mass is 10.0. The minimum Gasteiger partial charge on any atom is -0.453 e. The number of benzene rings is 1. The monoisotopic (exact) mass is 338 g/mol. The van der Waals surface area contributed by atoms with Crippen LogP contribution in [-0.2, 0) is 9.53 Å². The van der Waals surface area contributed by atoms with Gasteiger partial charge < -0.3 is 14.5 Å². The number of rotatable bonds is 3. The predicted octanol–water partition coefficient (Wildman–Crippen LogP) is 1.43. The molecule has 1 atom stereocenters. The van der Waals surface area contributed by atoms with Crippen LogP contribution in [0.25, 0.3) is 0 Å². The van der Waals surface area contributed by atoms with E-state index >= 15 is 0 Å². The summed E-state index contributed by atoms with van der Waals surface area (Å²) >= 11 is 0. The van der Waals surface area contributed by atoms with Crippen molar-refractivity contribution in [3.05, 3.63) is 53.9 Å². The van der Waals surface area contributed by atoms with Gasteiger partial charge in [0.15, 0.2) is 0 Å². The van der Waals surface area contributed by atoms with E-state index in [1.54, 1.807) is 30.6 Å². The van der Waals surface area contributed by atoms with Crippen molar-refractivity contribution >= 4 is 17.8 Å². The highest BCUT2D eigenvalue weighted by atomic mass is 16.5. The highest BCUT2D eigenvalue weighted by Crippen LogP contribution is 2.33. The number of amides is 1. The van der Waals surface area contributed by atoms with E-state index in [1.165, 1.54) is 0 Å². The van der Waals surface area contributed by atoms with Crippen molar-refractivity contribution in [1.29, 1.82) is 0 Å². The number of esters is 1. The molecule has 1 aromatic carbocycles. The van der Waals surface area contributed by atoms with Gasteiger partial charge in [0.25, 0.3) is 0 Å². The summed E-state index contributed by atoms with van der Waals surface area (Å²) in [5, 5.41) is 0. The Morgan fingerprint density at radius 2 is 1.80 bits per heavy atom. The second-order valence-corrected chi connectivity index (χ2v) is 6.10. The van der Waals surface area contributed by atoms with Gasteiger partial charge in [0, 0.05) is 44.1 Å². The third-order valence-electron chi connectivity index (χ3n) is 4.60. The molecule has 0 N–H and O–H groups in total. The minimum absolute atomic E-state index is 0.00290. The van der Waals surface area contributed by atoms with Crippen LogP contribution in [0.5, 0.6) is 0 Å². The quantitative estimate of drug-likeness (QED) is 0.788. The fourth-order valence-electron chi connectivity index (χ4n) is 3.27. The molecule has 0 spiro atoms. The topological polar surface area (TPSA) is 75.6 Å². The molecule has 2 aliphatic heterocycles. The molecular weight excluding hydrogens is 320 g/mol. The highest BCUT2D eigenvalue weighted by molar-refractivity contribution is 5.94. The predicted molar refractivity (Wildman–Crippen MR) is 90.0 cm³/mol. The number of aromatic nitrogens is 2. The van der Waals surface area contributed by atoms with Crippen LogP contribution in [0.3, 0.4) is 0 Å². The Morgan fingerprint density at radius 3 is 2.56 bits per heavy atom. The van der Waals surface area contributed by atoms with Crippen LogP contribution in [0.4, 0.5) is 5.95 Å². The number of hydrogen-bond acceptors (Lipinski definition) is 6. The molecule has 128 valence electrons. The zero-order valence-corrected chi connectivity index (χ0v) is 13.7. The summed E-state index contributed by atoms with van der Waals surface area (Å²) in [7, 11) is 0. The summed E-state index contributed by atoms with van der Waals surface area (Å²) < 4.78 is 5.37. The van der Waals surface area contributed by atoms with Gasteiger partial charge in [-0.1, -0.05) is 18.2 Å². The first-order valence-electron chi connectivity index (χ1n) is 8.32. The van der Waals surface area contributed by atoms with E-state index in [1.807, 2.05) is 17.0 Å². The summed E-state index contributed by atoms with van der Waals surface area (Å²) in [6, 6.07) is 9.03. The van der Waals surface area contributed by atoms with E-state index in [9.17, 15) is 9.59 Å². The number of carbonyl (C=O) groups excluding carboxylic acids is 2. The summed E-state index contributed by atoms with van der Waals surface area (Å²) in [4.78, 5) is 36.8. The number of ether oxygens (including phenoxy) is 1. The Morgan fingerprint density at radius 1 is 1.08 bits per heavy atom. The van der Waals surface area contributed by atoms with Crippen molar-refractivity contribution in [3.8, 4) is 0 Å². The summed E-state index contributed by atoms with van der Waals surface area (Å²) in [6.07, 6.45) is 3.13. The number of hydrogen-bond donors (Lipinski definition) is 0. The van der Waals surface area contributed by atoms with Crippen LogP contribution in [-0.4, -0.2) is 52.9 Å². The number of cyclic esters (lactones) is 1. The minimum atomic E-state index is -0.480. The van der Waals surface area contributed by atoms with Gasteiger partial charge in [-0.2, -0.15) is 0 Å². The van der Waals surface area contributed by atoms with Gasteiger partial charge in [0.1, 0.15) is 6.10 Å². The first-order valence-corrected chi connectivity index (χ1v) is 8.32. The maximum atomic E-state index is 12.6. The Kier molecular flexibility index (Phi) is 4.05. The lowest BCUT2D eigenvalue weighted by Gasteiger charge is -2.35. The van der Waals surface area contributed by atoms with Gasteiger partial charge in [0.05, 0.1) is 12.0 Å². The molecule has 7 heteroatoms. The molecule has 25 heavy (non-hydrogen) atoms. The summed E-state index contributed by atoms with van der Waals surface area (Å²) in [5.41, 5.74) is 1.36. The third kappa shape index (κ3) is 3.05. The fraction of sp³-hybridized carbons (Fsp3) is 0.333. The van der Waals surface area contributed by atoms with Crippen molar-refractivity contribution in [2.24, 2.45) is 0 Å². The van der Waals surface area contributed by atoms with Crippen LogP contribution in [0.1, 0.15) is 28.4 Å². The Hall–Kier alpha value is -2.96. The van der Waals surface area contributed by atoms with Gasteiger partial charge >= 0.3 is 5.97 Å². The molecule has 1 aromatic heterocycles. The molecule has 1 fully saturated rings. The zero-order chi connectivity index (χ0) is 17.2. The highest BCUT2D eigenvalue weighted by Gasteiger charge is 2.34. The SMILES string of the molecule is O=C1O[C@@H](CC(=O)N2CCN(c3ncccn3)CC2)c2ccccc21. The fourth-order valence-corrected chi connectivity index (χ4v) is 3.27. The molecule has 2 aliphatic rings. The summed E-state index contributed by atoms with van der Waals surface area (Å²) in [6.45, 7) is 2.60. The molecule has 0 aliphatic carbocycles. The Bertz CT molecular complexity index is 788. The van der Waals surface area contributed by atoms with E-state index in [-0.39, 0.29) is 18.3 Å². The molecule has 0 bridgehead atoms. The van der Waals surface area contributed by atoms with Crippen LogP contribution < -0.4 is 4.90 Å². The second-order valence-electron chi connectivity index (χ2n) is 6.10. The standard InChI is InChI=1S/C18H18N4O3/c23-16(12-15-13-4-1-2-5-14(13)17(24)25-15)21-8-10-22(11-9-21)18-19-6-3-7-20-18/h1-7,15H,8-12H2/t15-/m0/s1. The van der Waals surface area contributed by atoms with Crippen molar-refractivity contribution in [3.63, 3.8) is 0 Å². The number of fused-ring (bicyclic) bond motifs is 1. The van der Waals surface area contributed by atoms with Crippen LogP contribution in [0.15, 0.2) is 42.7 Å². The molecule has 4 rings (SSSR count). The van der Waals surface area contributed by atoms with Crippen molar-refractivity contribution in [2.75, 3.05) is 31.1 Å². The zero-order valence-electron chi connectivity index (χ0n) is 13.7. The lowest BCUT2D eigenvalue weighted by molar-refractivity contribution is -0.133. The summed E-state index contributed by atoms with van der Waals surface area (Å²) in [5.74, 6) is 0.343. The van der Waals surface area contributed by atoms with E-state index in [0.29, 0.717) is 37.7 Å². The van der Waals surface area contributed by atoms with Gasteiger partial charge in [-0.3, -0.25) is 4.79 Å². The average molecular weight is 338 g/mol. The van der Waals surface area contributed by atoms with Crippen molar-refractivity contribution < 1.29 is 14.3 Å². The smallest absolute Gasteiger partial charge is 0.339 e. The van der Waals surface area contributed by atoms with Gasteiger partial charge in [-0.15, -0.1) is 0 Å². The van der Waals surface area contributed by atoms with Crippen LogP contribution in [0.2, 0.25) is 0 Å². The lowest BCUT2D eigenvalue weighted by Crippen LogP contribution is -2.49. The van der Waals surface area contributed by atoms with Crippen LogP contribution >= 0.6 is 0 Å². The van der Waals surface area contributed by atoms with E-state index < -0.39 is 6.10 Å². The molecule has 7 nitrogen and oxygen atoms in total. The molecular formula is C18H18N4O3. The maximum absolute atomic E-state index is 12.6. The third-order valence-corrected chi connectivity index (χ3v) is 4.60. The van der Waals surface area contributed by atoms with Crippen molar-refractivity contribution in [1.82, 2.24) is 14.9 Å². The van der Waals surface area contributed by atoms with E-state index in [2.05, 4.69) is 14.9 Å². The van der Waals surface area contributed by atoms with Crippen LogP contribution in [0, 0.1) is 0 Å². The normalized spacial score (nSPS) is 19.5. The molecule has 3 heterocycles. The average Bonchev–Trinajstić information content (AvgIpc) is 2.98. The maximum Gasteiger partial charge on any atom is 0.339 e. The molecule has 0 saturated carbocycles. The number of anilines is 1. The first kappa shape index (κ1) is 15.6. The largest absolute Gasteiger partial charge is 0.453 e. The van der Waals surface area contributed by atoms with E-state index in [4.69, 9.17) is 4.74 Å². The first-order chi connectivity index (χ1) is 12.2. The molecule has 1 saturated heterocycles. The van der Waals surface area contributed by atoms with E-state index in [0.717, 1.165) is 5.56 Å². The molecule has 1 amide bonds. The van der Waals surface area contributed by atoms with Gasteiger partial charge in [0.2, 0.25) is 11.9 Å². The Balaban J connectivity index is 1.37.